The lowest BCUT2D eigenvalue weighted by Crippen LogP contribution is -2.51. The summed E-state index contributed by atoms with van der Waals surface area (Å²) < 4.78 is 7.14. The largest absolute Gasteiger partial charge is 0.479 e. The lowest BCUT2D eigenvalue weighted by atomic mass is 9.98. The zero-order valence-electron chi connectivity index (χ0n) is 17.2. The second kappa shape index (κ2) is 10.3. The number of hydrogen-bond donors (Lipinski definition) is 2. The normalized spacial score (nSPS) is 18.9. The van der Waals surface area contributed by atoms with E-state index in [0.717, 1.165) is 47.2 Å². The first-order valence-corrected chi connectivity index (χ1v) is 9.32. The zero-order valence-corrected chi connectivity index (χ0v) is 18.8. The minimum Gasteiger partial charge on any atom is -0.479 e. The van der Waals surface area contributed by atoms with Gasteiger partial charge >= 0.3 is 0 Å². The Kier molecular flexibility index (Phi) is 8.98. The van der Waals surface area contributed by atoms with Crippen LogP contribution >= 0.6 is 24.8 Å². The first-order valence-electron chi connectivity index (χ1n) is 9.32. The number of rotatable bonds is 5. The number of hydrogen-bond acceptors (Lipinski definition) is 5. The molecule has 3 heterocycles. The van der Waals surface area contributed by atoms with Gasteiger partial charge in [-0.1, -0.05) is 0 Å². The summed E-state index contributed by atoms with van der Waals surface area (Å²) in [4.78, 5) is 17.1. The van der Waals surface area contributed by atoms with Crippen molar-refractivity contribution in [2.45, 2.75) is 58.5 Å². The van der Waals surface area contributed by atoms with Gasteiger partial charge < -0.3 is 15.4 Å². The Balaban J connectivity index is 0.00000196. The summed E-state index contributed by atoms with van der Waals surface area (Å²) in [7, 11) is 3.48. The summed E-state index contributed by atoms with van der Waals surface area (Å²) in [5.41, 5.74) is 3.96. The lowest BCUT2D eigenvalue weighted by molar-refractivity contribution is -0.122. The molecule has 1 aliphatic rings. The van der Waals surface area contributed by atoms with Gasteiger partial charge in [-0.2, -0.15) is 0 Å². The maximum atomic E-state index is 12.4. The SMILES string of the molecule is COc1nn(C)c2nc(C)c(CCC(=O)NC3CCCNC3C)c(C)c12.Cl.Cl. The fourth-order valence-corrected chi connectivity index (χ4v) is 3.87. The van der Waals surface area contributed by atoms with Gasteiger partial charge in [0.25, 0.3) is 0 Å². The van der Waals surface area contributed by atoms with E-state index in [9.17, 15) is 4.79 Å². The van der Waals surface area contributed by atoms with E-state index in [1.807, 2.05) is 14.0 Å². The van der Waals surface area contributed by atoms with Gasteiger partial charge in [0, 0.05) is 31.2 Å². The molecule has 7 nitrogen and oxygen atoms in total. The Bertz CT molecular complexity index is 824. The van der Waals surface area contributed by atoms with Crippen molar-refractivity contribution in [3.63, 3.8) is 0 Å². The number of halogens is 2. The van der Waals surface area contributed by atoms with Crippen LogP contribution in [0.1, 0.15) is 43.0 Å². The summed E-state index contributed by atoms with van der Waals surface area (Å²) in [6, 6.07) is 0.548. The Morgan fingerprint density at radius 3 is 2.71 bits per heavy atom. The maximum absolute atomic E-state index is 12.4. The highest BCUT2D eigenvalue weighted by Gasteiger charge is 2.23. The number of ether oxygens (including phenoxy) is 1. The quantitative estimate of drug-likeness (QED) is 0.759. The highest BCUT2D eigenvalue weighted by Crippen LogP contribution is 2.30. The topological polar surface area (TPSA) is 81.1 Å². The van der Waals surface area contributed by atoms with E-state index in [1.165, 1.54) is 0 Å². The molecule has 9 heteroatoms. The standard InChI is InChI=1S/C19H29N5O2.2ClH/c1-11-14(8-9-16(25)22-15-7-6-10-20-13(15)3)12(2)21-18-17(11)19(26-5)23-24(18)4;;/h13,15,20H,6-10H2,1-5H3,(H,22,25);2*1H. The third-order valence-electron chi connectivity index (χ3n) is 5.43. The van der Waals surface area contributed by atoms with Gasteiger partial charge in [-0.25, -0.2) is 9.67 Å². The number of carbonyl (C=O) groups excluding carboxylic acids is 1. The minimum absolute atomic E-state index is 0. The predicted octanol–water partition coefficient (Wildman–Crippen LogP) is 2.63. The minimum atomic E-state index is 0. The van der Waals surface area contributed by atoms with E-state index in [0.29, 0.717) is 24.8 Å². The number of nitrogens with one attached hydrogen (secondary N) is 2. The number of nitrogens with zero attached hydrogens (tertiary/aromatic N) is 3. The van der Waals surface area contributed by atoms with E-state index in [-0.39, 0.29) is 36.8 Å². The Hall–Kier alpha value is -1.57. The molecule has 2 unspecified atom stereocenters. The van der Waals surface area contributed by atoms with Crippen LogP contribution in [-0.2, 0) is 18.3 Å². The van der Waals surface area contributed by atoms with Gasteiger partial charge in [0.15, 0.2) is 5.65 Å². The van der Waals surface area contributed by atoms with Gasteiger partial charge in [-0.15, -0.1) is 29.9 Å². The molecule has 0 aromatic carbocycles. The number of amides is 1. The van der Waals surface area contributed by atoms with Gasteiger partial charge in [-0.05, 0) is 57.7 Å². The summed E-state index contributed by atoms with van der Waals surface area (Å²) in [5, 5.41) is 11.9. The number of aromatic nitrogens is 3. The van der Waals surface area contributed by atoms with Crippen LogP contribution in [0.5, 0.6) is 5.88 Å². The van der Waals surface area contributed by atoms with Crippen LogP contribution in [0.25, 0.3) is 11.0 Å². The fraction of sp³-hybridized carbons (Fsp3) is 0.632. The number of piperidine rings is 1. The van der Waals surface area contributed by atoms with Crippen molar-refractivity contribution < 1.29 is 9.53 Å². The zero-order chi connectivity index (χ0) is 18.8. The summed E-state index contributed by atoms with van der Waals surface area (Å²) in [6.45, 7) is 7.21. The summed E-state index contributed by atoms with van der Waals surface area (Å²) in [5.74, 6) is 0.683. The molecule has 1 aliphatic heterocycles. The van der Waals surface area contributed by atoms with Crippen molar-refractivity contribution in [3.05, 3.63) is 16.8 Å². The van der Waals surface area contributed by atoms with E-state index >= 15 is 0 Å². The van der Waals surface area contributed by atoms with Crippen LogP contribution in [0.4, 0.5) is 0 Å². The molecule has 28 heavy (non-hydrogen) atoms. The lowest BCUT2D eigenvalue weighted by Gasteiger charge is -2.30. The monoisotopic (exact) mass is 431 g/mol. The van der Waals surface area contributed by atoms with Gasteiger partial charge in [0.1, 0.15) is 0 Å². The van der Waals surface area contributed by atoms with Crippen molar-refractivity contribution in [2.75, 3.05) is 13.7 Å². The third-order valence-corrected chi connectivity index (χ3v) is 5.43. The molecule has 2 aromatic rings. The van der Waals surface area contributed by atoms with E-state index in [4.69, 9.17) is 4.74 Å². The molecule has 1 saturated heterocycles. The molecule has 2 aromatic heterocycles. The predicted molar refractivity (Wildman–Crippen MR) is 116 cm³/mol. The molecule has 0 bridgehead atoms. The molecular formula is C19H31Cl2N5O2. The molecule has 0 radical (unpaired) electrons. The molecule has 0 aliphatic carbocycles. The van der Waals surface area contributed by atoms with Gasteiger partial charge in [0.05, 0.1) is 12.5 Å². The maximum Gasteiger partial charge on any atom is 0.242 e. The number of fused-ring (bicyclic) bond motifs is 1. The van der Waals surface area contributed by atoms with Crippen LogP contribution in [0.3, 0.4) is 0 Å². The summed E-state index contributed by atoms with van der Waals surface area (Å²) >= 11 is 0. The second-order valence-corrected chi connectivity index (χ2v) is 7.19. The Labute approximate surface area is 178 Å². The van der Waals surface area contributed by atoms with Crippen molar-refractivity contribution in [2.24, 2.45) is 7.05 Å². The van der Waals surface area contributed by atoms with Crippen LogP contribution in [0.15, 0.2) is 0 Å². The van der Waals surface area contributed by atoms with Crippen molar-refractivity contribution in [1.82, 2.24) is 25.4 Å². The highest BCUT2D eigenvalue weighted by molar-refractivity contribution is 5.86. The van der Waals surface area contributed by atoms with Crippen molar-refractivity contribution >= 4 is 41.8 Å². The molecule has 2 N–H and O–H groups in total. The first-order chi connectivity index (χ1) is 12.4. The van der Waals surface area contributed by atoms with Gasteiger partial charge in [-0.3, -0.25) is 4.79 Å². The Morgan fingerprint density at radius 2 is 2.07 bits per heavy atom. The van der Waals surface area contributed by atoms with Crippen LogP contribution in [0.2, 0.25) is 0 Å². The molecule has 0 spiro atoms. The van der Waals surface area contributed by atoms with Crippen molar-refractivity contribution in [1.29, 1.82) is 0 Å². The number of pyridine rings is 1. The van der Waals surface area contributed by atoms with Crippen LogP contribution < -0.4 is 15.4 Å². The molecule has 0 saturated carbocycles. The number of carbonyl (C=O) groups is 1. The molecular weight excluding hydrogens is 401 g/mol. The average molecular weight is 432 g/mol. The molecule has 3 rings (SSSR count). The fourth-order valence-electron chi connectivity index (χ4n) is 3.87. The van der Waals surface area contributed by atoms with E-state index in [1.54, 1.807) is 11.8 Å². The second-order valence-electron chi connectivity index (χ2n) is 7.19. The van der Waals surface area contributed by atoms with E-state index in [2.05, 4.69) is 34.6 Å². The first kappa shape index (κ1) is 24.5. The third kappa shape index (κ3) is 4.88. The van der Waals surface area contributed by atoms with Gasteiger partial charge in [0.2, 0.25) is 11.8 Å². The molecule has 1 amide bonds. The number of methoxy groups -OCH3 is 1. The molecule has 158 valence electrons. The average Bonchev–Trinajstić information content (AvgIpc) is 2.93. The van der Waals surface area contributed by atoms with E-state index < -0.39 is 0 Å². The smallest absolute Gasteiger partial charge is 0.242 e. The van der Waals surface area contributed by atoms with Crippen LogP contribution in [0, 0.1) is 13.8 Å². The highest BCUT2D eigenvalue weighted by atomic mass is 35.5. The summed E-state index contributed by atoms with van der Waals surface area (Å²) in [6.07, 6.45) is 3.27. The Morgan fingerprint density at radius 1 is 1.36 bits per heavy atom. The molecule has 2 atom stereocenters. The molecule has 1 fully saturated rings. The number of aryl methyl sites for hydroxylation is 3. The van der Waals surface area contributed by atoms with Crippen LogP contribution in [-0.4, -0.2) is 46.4 Å². The van der Waals surface area contributed by atoms with Crippen molar-refractivity contribution in [3.8, 4) is 5.88 Å².